The summed E-state index contributed by atoms with van der Waals surface area (Å²) >= 11 is 0. The summed E-state index contributed by atoms with van der Waals surface area (Å²) < 4.78 is 0. The lowest BCUT2D eigenvalue weighted by Crippen LogP contribution is -2.33. The number of hydrogen-bond acceptors (Lipinski definition) is 4. The van der Waals surface area contributed by atoms with Crippen LogP contribution in [0.4, 0.5) is 17.1 Å². The van der Waals surface area contributed by atoms with Gasteiger partial charge in [-0.3, -0.25) is 9.59 Å². The molecule has 3 aromatic carbocycles. The first kappa shape index (κ1) is 22.9. The fraction of sp³-hybridized carbons (Fsp3) is 0.267. The van der Waals surface area contributed by atoms with Gasteiger partial charge in [0.2, 0.25) is 0 Å². The topological polar surface area (TPSA) is 52.7 Å². The van der Waals surface area contributed by atoms with Crippen LogP contribution in [0.3, 0.4) is 0 Å². The second kappa shape index (κ2) is 9.06. The van der Waals surface area contributed by atoms with E-state index in [4.69, 9.17) is 0 Å². The number of carbonyl (C=O) groups is 2. The van der Waals surface area contributed by atoms with E-state index in [0.717, 1.165) is 46.6 Å². The minimum absolute atomic E-state index is 0.301. The van der Waals surface area contributed by atoms with E-state index in [1.54, 1.807) is 0 Å². The Morgan fingerprint density at radius 1 is 0.714 bits per heavy atom. The first-order chi connectivity index (χ1) is 16.8. The van der Waals surface area contributed by atoms with E-state index in [0.29, 0.717) is 17.0 Å². The highest BCUT2D eigenvalue weighted by atomic mass is 16.2. The van der Waals surface area contributed by atoms with Crippen molar-refractivity contribution in [2.75, 3.05) is 28.2 Å². The van der Waals surface area contributed by atoms with Crippen LogP contribution >= 0.6 is 0 Å². The molecule has 2 heterocycles. The summed E-state index contributed by atoms with van der Waals surface area (Å²) in [6.07, 6.45) is 2.44. The third-order valence-electron chi connectivity index (χ3n) is 6.94. The molecule has 0 bridgehead atoms. The van der Waals surface area contributed by atoms with E-state index in [-0.39, 0.29) is 11.8 Å². The van der Waals surface area contributed by atoms with Crippen molar-refractivity contribution < 1.29 is 9.59 Å². The summed E-state index contributed by atoms with van der Waals surface area (Å²) in [6.45, 7) is 10.1. The number of imide groups is 1. The van der Waals surface area contributed by atoms with Crippen molar-refractivity contribution in [2.24, 2.45) is 0 Å². The van der Waals surface area contributed by atoms with Gasteiger partial charge in [-0.15, -0.1) is 0 Å². The maximum absolute atomic E-state index is 13.8. The highest BCUT2D eigenvalue weighted by molar-refractivity contribution is 6.46. The molecular weight excluding hydrogens is 434 g/mol. The van der Waals surface area contributed by atoms with Crippen molar-refractivity contribution in [3.05, 3.63) is 94.2 Å². The number of nitrogens with zero attached hydrogens (tertiary/aromatic N) is 2. The lowest BCUT2D eigenvalue weighted by atomic mass is 9.97. The maximum atomic E-state index is 13.8. The molecule has 5 rings (SSSR count). The maximum Gasteiger partial charge on any atom is 0.282 e. The van der Waals surface area contributed by atoms with Crippen LogP contribution in [0, 0.1) is 27.7 Å². The first-order valence-electron chi connectivity index (χ1n) is 12.2. The average molecular weight is 466 g/mol. The molecule has 2 amide bonds. The summed E-state index contributed by atoms with van der Waals surface area (Å²) in [4.78, 5) is 31.3. The van der Waals surface area contributed by atoms with E-state index < -0.39 is 0 Å². The first-order valence-corrected chi connectivity index (χ1v) is 12.2. The molecule has 5 nitrogen and oxygen atoms in total. The second-order valence-corrected chi connectivity index (χ2v) is 9.67. The van der Waals surface area contributed by atoms with Crippen molar-refractivity contribution in [3.63, 3.8) is 0 Å². The number of anilines is 3. The summed E-state index contributed by atoms with van der Waals surface area (Å²) in [5.41, 5.74) is 8.15. The predicted molar refractivity (Wildman–Crippen MR) is 143 cm³/mol. The average Bonchev–Trinajstić information content (AvgIpc) is 3.43. The second-order valence-electron chi connectivity index (χ2n) is 9.67. The predicted octanol–water partition coefficient (Wildman–Crippen LogP) is 5.92. The van der Waals surface area contributed by atoms with Crippen molar-refractivity contribution in [1.82, 2.24) is 0 Å². The molecule has 0 saturated carbocycles. The fourth-order valence-electron chi connectivity index (χ4n) is 5.14. The number of aryl methyl sites for hydroxylation is 4. The highest BCUT2D eigenvalue weighted by Gasteiger charge is 2.41. The number of rotatable bonds is 5. The van der Waals surface area contributed by atoms with Gasteiger partial charge in [0.25, 0.3) is 11.8 Å². The SMILES string of the molecule is Cc1ccc(C2=C(Nc3ccc(N4CCCC4)cc3)C(=O)N(c3ccc(C)cc3C)C2=O)c(C)c1. The van der Waals surface area contributed by atoms with Crippen molar-refractivity contribution in [2.45, 2.75) is 40.5 Å². The van der Waals surface area contributed by atoms with Crippen LogP contribution in [0.5, 0.6) is 0 Å². The fourth-order valence-corrected chi connectivity index (χ4v) is 5.14. The number of carbonyl (C=O) groups excluding carboxylic acids is 2. The summed E-state index contributed by atoms with van der Waals surface area (Å²) in [5, 5.41) is 3.31. The van der Waals surface area contributed by atoms with Crippen molar-refractivity contribution >= 4 is 34.4 Å². The molecule has 2 aliphatic heterocycles. The Morgan fingerprint density at radius 2 is 1.34 bits per heavy atom. The molecule has 2 aliphatic rings. The lowest BCUT2D eigenvalue weighted by Gasteiger charge is -2.19. The minimum Gasteiger partial charge on any atom is -0.372 e. The van der Waals surface area contributed by atoms with E-state index >= 15 is 0 Å². The van der Waals surface area contributed by atoms with Gasteiger partial charge in [-0.05, 0) is 87.6 Å². The Hall–Kier alpha value is -3.86. The van der Waals surface area contributed by atoms with E-state index in [9.17, 15) is 9.59 Å². The lowest BCUT2D eigenvalue weighted by molar-refractivity contribution is -0.120. The molecule has 1 fully saturated rings. The van der Waals surface area contributed by atoms with Crippen LogP contribution in [0.1, 0.15) is 40.7 Å². The molecule has 0 radical (unpaired) electrons. The van der Waals surface area contributed by atoms with Gasteiger partial charge in [-0.1, -0.05) is 41.5 Å². The number of amides is 2. The van der Waals surface area contributed by atoms with Crippen LogP contribution in [-0.2, 0) is 9.59 Å². The summed E-state index contributed by atoms with van der Waals surface area (Å²) in [5.74, 6) is -0.634. The zero-order chi connectivity index (χ0) is 24.7. The summed E-state index contributed by atoms with van der Waals surface area (Å²) in [6, 6.07) is 19.9. The molecule has 0 spiro atoms. The molecule has 0 aromatic heterocycles. The van der Waals surface area contributed by atoms with Gasteiger partial charge in [0.15, 0.2) is 0 Å². The largest absolute Gasteiger partial charge is 0.372 e. The van der Waals surface area contributed by atoms with Crippen LogP contribution in [0.2, 0.25) is 0 Å². The van der Waals surface area contributed by atoms with Crippen LogP contribution < -0.4 is 15.1 Å². The number of hydrogen-bond donors (Lipinski definition) is 1. The molecular formula is C30H31N3O2. The Morgan fingerprint density at radius 3 is 1.97 bits per heavy atom. The molecule has 0 unspecified atom stereocenters. The Labute approximate surface area is 207 Å². The normalized spacial score (nSPS) is 16.0. The Kier molecular flexibility index (Phi) is 5.93. The monoisotopic (exact) mass is 465 g/mol. The molecule has 0 aliphatic carbocycles. The summed E-state index contributed by atoms with van der Waals surface area (Å²) in [7, 11) is 0. The van der Waals surface area contributed by atoms with E-state index in [2.05, 4.69) is 22.3 Å². The molecule has 1 saturated heterocycles. The molecule has 1 N–H and O–H groups in total. The Balaban J connectivity index is 1.56. The van der Waals surface area contributed by atoms with Gasteiger partial charge in [0.1, 0.15) is 5.70 Å². The van der Waals surface area contributed by atoms with Crippen molar-refractivity contribution in [1.29, 1.82) is 0 Å². The smallest absolute Gasteiger partial charge is 0.282 e. The number of nitrogens with one attached hydrogen (secondary N) is 1. The van der Waals surface area contributed by atoms with Gasteiger partial charge in [-0.25, -0.2) is 4.90 Å². The van der Waals surface area contributed by atoms with Gasteiger partial charge in [-0.2, -0.15) is 0 Å². The third-order valence-corrected chi connectivity index (χ3v) is 6.94. The third kappa shape index (κ3) is 4.23. The van der Waals surface area contributed by atoms with Gasteiger partial charge in [0.05, 0.1) is 11.3 Å². The quantitative estimate of drug-likeness (QED) is 0.476. The molecule has 35 heavy (non-hydrogen) atoms. The van der Waals surface area contributed by atoms with Gasteiger partial charge >= 0.3 is 0 Å². The van der Waals surface area contributed by atoms with Crippen molar-refractivity contribution in [3.8, 4) is 0 Å². The molecule has 178 valence electrons. The highest BCUT2D eigenvalue weighted by Crippen LogP contribution is 2.37. The van der Waals surface area contributed by atoms with E-state index in [1.165, 1.54) is 23.4 Å². The van der Waals surface area contributed by atoms with E-state index in [1.807, 2.05) is 76.2 Å². The van der Waals surface area contributed by atoms with Crippen LogP contribution in [0.25, 0.3) is 5.57 Å². The zero-order valence-corrected chi connectivity index (χ0v) is 20.8. The standard InChI is InChI=1S/C30H31N3O2/c1-19-7-13-25(21(3)17-19)27-28(31-23-9-11-24(12-10-23)32-15-5-6-16-32)30(35)33(29(27)34)26-14-8-20(2)18-22(26)4/h7-14,17-18,31H,5-6,15-16H2,1-4H3. The Bertz CT molecular complexity index is 1350. The van der Waals surface area contributed by atoms with Crippen LogP contribution in [-0.4, -0.2) is 24.9 Å². The van der Waals surface area contributed by atoms with Gasteiger partial charge < -0.3 is 10.2 Å². The number of benzene rings is 3. The minimum atomic E-state index is -0.333. The molecule has 0 atom stereocenters. The van der Waals surface area contributed by atoms with Crippen LogP contribution in [0.15, 0.2) is 66.4 Å². The molecule has 5 heteroatoms. The van der Waals surface area contributed by atoms with Gasteiger partial charge in [0, 0.05) is 24.5 Å². The molecule has 3 aromatic rings. The zero-order valence-electron chi connectivity index (χ0n) is 20.8.